The Bertz CT molecular complexity index is 512. The second-order valence-corrected chi connectivity index (χ2v) is 4.44. The van der Waals surface area contributed by atoms with Gasteiger partial charge in [0.05, 0.1) is 18.9 Å². The number of nitrogens with two attached hydrogens (primary N) is 1. The van der Waals surface area contributed by atoms with Crippen molar-refractivity contribution < 1.29 is 14.7 Å². The summed E-state index contributed by atoms with van der Waals surface area (Å²) < 4.78 is 5.23. The zero-order valence-electron chi connectivity index (χ0n) is 11.3. The number of amidine groups is 1. The van der Waals surface area contributed by atoms with Crippen molar-refractivity contribution in [3.63, 3.8) is 0 Å². The molecular formula is C13H18N4O3. The molecule has 0 radical (unpaired) electrons. The number of carbonyl (C=O) groups is 1. The lowest BCUT2D eigenvalue weighted by molar-refractivity contribution is 0.0551. The number of morpholine rings is 1. The lowest BCUT2D eigenvalue weighted by Crippen LogP contribution is -2.47. The summed E-state index contributed by atoms with van der Waals surface area (Å²) in [7, 11) is 1.67. The minimum Gasteiger partial charge on any atom is -0.409 e. The van der Waals surface area contributed by atoms with Crippen LogP contribution in [0.2, 0.25) is 0 Å². The first-order chi connectivity index (χ1) is 9.65. The summed E-state index contributed by atoms with van der Waals surface area (Å²) in [6.07, 6.45) is 0. The van der Waals surface area contributed by atoms with Gasteiger partial charge in [0.25, 0.3) is 0 Å². The Balaban J connectivity index is 2.24. The molecule has 0 aromatic heterocycles. The van der Waals surface area contributed by atoms with Gasteiger partial charge in [-0.25, -0.2) is 4.79 Å². The molecule has 0 bridgehead atoms. The average molecular weight is 278 g/mol. The normalized spacial score (nSPS) is 16.1. The van der Waals surface area contributed by atoms with Gasteiger partial charge in [0.2, 0.25) is 0 Å². The predicted octanol–water partition coefficient (Wildman–Crippen LogP) is 0.670. The van der Waals surface area contributed by atoms with E-state index in [4.69, 9.17) is 15.7 Å². The Labute approximate surface area is 117 Å². The molecule has 1 heterocycles. The summed E-state index contributed by atoms with van der Waals surface area (Å²) in [6, 6.07) is 6.89. The van der Waals surface area contributed by atoms with E-state index in [0.717, 1.165) is 0 Å². The van der Waals surface area contributed by atoms with E-state index in [1.54, 1.807) is 36.2 Å². The number of anilines is 1. The van der Waals surface area contributed by atoms with Crippen LogP contribution in [0.1, 0.15) is 5.56 Å². The molecule has 1 aromatic rings. The van der Waals surface area contributed by atoms with Crippen LogP contribution >= 0.6 is 0 Å². The molecule has 0 atom stereocenters. The average Bonchev–Trinajstić information content (AvgIpc) is 2.53. The number of urea groups is 1. The van der Waals surface area contributed by atoms with Gasteiger partial charge in [-0.3, -0.25) is 4.90 Å². The monoisotopic (exact) mass is 278 g/mol. The van der Waals surface area contributed by atoms with Crippen LogP contribution in [-0.4, -0.2) is 55.3 Å². The fourth-order valence-electron chi connectivity index (χ4n) is 2.11. The molecule has 0 unspecified atom stereocenters. The van der Waals surface area contributed by atoms with Crippen LogP contribution in [0, 0.1) is 0 Å². The summed E-state index contributed by atoms with van der Waals surface area (Å²) in [5.41, 5.74) is 6.75. The number of carbonyl (C=O) groups excluding carboxylic acids is 1. The number of amides is 2. The summed E-state index contributed by atoms with van der Waals surface area (Å²) in [5.74, 6) is -0.0257. The molecule has 2 rings (SSSR count). The van der Waals surface area contributed by atoms with Crippen molar-refractivity contribution >= 4 is 17.6 Å². The quantitative estimate of drug-likeness (QED) is 0.360. The van der Waals surface area contributed by atoms with Gasteiger partial charge in [-0.2, -0.15) is 0 Å². The highest BCUT2D eigenvalue weighted by Gasteiger charge is 2.23. The highest BCUT2D eigenvalue weighted by atomic mass is 16.5. The van der Waals surface area contributed by atoms with Crippen LogP contribution in [0.4, 0.5) is 10.5 Å². The molecule has 1 saturated heterocycles. The fourth-order valence-corrected chi connectivity index (χ4v) is 2.11. The first-order valence-corrected chi connectivity index (χ1v) is 6.32. The first-order valence-electron chi connectivity index (χ1n) is 6.32. The van der Waals surface area contributed by atoms with E-state index in [-0.39, 0.29) is 11.9 Å². The summed E-state index contributed by atoms with van der Waals surface area (Å²) in [5, 5.41) is 11.8. The molecule has 3 N–H and O–H groups in total. The van der Waals surface area contributed by atoms with E-state index in [2.05, 4.69) is 5.16 Å². The van der Waals surface area contributed by atoms with Crippen molar-refractivity contribution in [2.45, 2.75) is 0 Å². The molecule has 20 heavy (non-hydrogen) atoms. The van der Waals surface area contributed by atoms with Gasteiger partial charge < -0.3 is 20.6 Å². The van der Waals surface area contributed by atoms with E-state index in [1.165, 1.54) is 4.90 Å². The van der Waals surface area contributed by atoms with Crippen LogP contribution in [0.15, 0.2) is 29.4 Å². The van der Waals surface area contributed by atoms with Crippen molar-refractivity contribution in [2.24, 2.45) is 10.9 Å². The number of oxime groups is 1. The minimum absolute atomic E-state index is 0.0257. The van der Waals surface area contributed by atoms with E-state index >= 15 is 0 Å². The van der Waals surface area contributed by atoms with Gasteiger partial charge in [0.1, 0.15) is 0 Å². The van der Waals surface area contributed by atoms with Gasteiger partial charge in [0, 0.05) is 25.7 Å². The van der Waals surface area contributed by atoms with Crippen LogP contribution in [0.3, 0.4) is 0 Å². The van der Waals surface area contributed by atoms with E-state index in [0.29, 0.717) is 37.6 Å². The third-order valence-corrected chi connectivity index (χ3v) is 3.22. The number of benzene rings is 1. The second kappa shape index (κ2) is 6.25. The molecule has 1 aliphatic rings. The Kier molecular flexibility index (Phi) is 4.41. The minimum atomic E-state index is -0.133. The maximum Gasteiger partial charge on any atom is 0.324 e. The van der Waals surface area contributed by atoms with Crippen molar-refractivity contribution in [1.82, 2.24) is 4.90 Å². The third kappa shape index (κ3) is 2.83. The van der Waals surface area contributed by atoms with Crippen LogP contribution in [-0.2, 0) is 4.74 Å². The molecule has 2 amide bonds. The molecule has 0 saturated carbocycles. The number of hydrogen-bond donors (Lipinski definition) is 2. The highest BCUT2D eigenvalue weighted by Crippen LogP contribution is 2.20. The molecule has 7 heteroatoms. The van der Waals surface area contributed by atoms with Gasteiger partial charge in [-0.15, -0.1) is 0 Å². The fraction of sp³-hybridized carbons (Fsp3) is 0.385. The number of rotatable bonds is 2. The standard InChI is InChI=1S/C13H18N4O3/c1-16(13(18)17-6-8-20-9-7-17)11-5-3-2-4-10(11)12(14)15-19/h2-5,19H,6-9H2,1H3,(H2,14,15). The SMILES string of the molecule is CN(C(=O)N1CCOCC1)c1ccccc1/C(N)=N/O. The van der Waals surface area contributed by atoms with E-state index < -0.39 is 0 Å². The Morgan fingerprint density at radius 3 is 2.70 bits per heavy atom. The number of ether oxygens (including phenoxy) is 1. The molecule has 1 aliphatic heterocycles. The van der Waals surface area contributed by atoms with Gasteiger partial charge in [-0.05, 0) is 12.1 Å². The maximum atomic E-state index is 12.4. The second-order valence-electron chi connectivity index (χ2n) is 4.44. The van der Waals surface area contributed by atoms with Gasteiger partial charge in [0.15, 0.2) is 5.84 Å². The number of hydrogen-bond acceptors (Lipinski definition) is 4. The summed E-state index contributed by atoms with van der Waals surface area (Å²) >= 11 is 0. The van der Waals surface area contributed by atoms with Gasteiger partial charge >= 0.3 is 6.03 Å². The lowest BCUT2D eigenvalue weighted by Gasteiger charge is -2.31. The van der Waals surface area contributed by atoms with Crippen LogP contribution in [0.25, 0.3) is 0 Å². The Hall–Kier alpha value is -2.28. The van der Waals surface area contributed by atoms with E-state index in [1.807, 2.05) is 0 Å². The summed E-state index contributed by atoms with van der Waals surface area (Å²) in [6.45, 7) is 2.22. The Morgan fingerprint density at radius 1 is 1.40 bits per heavy atom. The van der Waals surface area contributed by atoms with Crippen molar-refractivity contribution in [2.75, 3.05) is 38.3 Å². The number of para-hydroxylation sites is 1. The van der Waals surface area contributed by atoms with E-state index in [9.17, 15) is 4.79 Å². The zero-order valence-corrected chi connectivity index (χ0v) is 11.3. The highest BCUT2D eigenvalue weighted by molar-refractivity contribution is 6.05. The topological polar surface area (TPSA) is 91.4 Å². The number of nitrogens with zero attached hydrogens (tertiary/aromatic N) is 3. The van der Waals surface area contributed by atoms with Crippen molar-refractivity contribution in [1.29, 1.82) is 0 Å². The largest absolute Gasteiger partial charge is 0.409 e. The van der Waals surface area contributed by atoms with Crippen LogP contribution in [0.5, 0.6) is 0 Å². The summed E-state index contributed by atoms with van der Waals surface area (Å²) in [4.78, 5) is 15.6. The smallest absolute Gasteiger partial charge is 0.324 e. The molecule has 0 aliphatic carbocycles. The molecule has 0 spiro atoms. The lowest BCUT2D eigenvalue weighted by atomic mass is 10.1. The molecule has 7 nitrogen and oxygen atoms in total. The van der Waals surface area contributed by atoms with Crippen molar-refractivity contribution in [3.05, 3.63) is 29.8 Å². The molecule has 1 fully saturated rings. The molecule has 108 valence electrons. The Morgan fingerprint density at radius 2 is 2.05 bits per heavy atom. The zero-order chi connectivity index (χ0) is 14.5. The third-order valence-electron chi connectivity index (χ3n) is 3.22. The molecule has 1 aromatic carbocycles. The van der Waals surface area contributed by atoms with Crippen molar-refractivity contribution in [3.8, 4) is 0 Å². The van der Waals surface area contributed by atoms with Gasteiger partial charge in [-0.1, -0.05) is 17.3 Å². The predicted molar refractivity (Wildman–Crippen MR) is 75.1 cm³/mol. The van der Waals surface area contributed by atoms with Crippen LogP contribution < -0.4 is 10.6 Å². The molecular weight excluding hydrogens is 260 g/mol. The first kappa shape index (κ1) is 14.1. The maximum absolute atomic E-state index is 12.4.